The van der Waals surface area contributed by atoms with Gasteiger partial charge in [-0.1, -0.05) is 18.2 Å². The van der Waals surface area contributed by atoms with Crippen molar-refractivity contribution in [2.24, 2.45) is 0 Å². The third-order valence-corrected chi connectivity index (χ3v) is 3.79. The van der Waals surface area contributed by atoms with E-state index in [2.05, 4.69) is 65.9 Å². The van der Waals surface area contributed by atoms with Gasteiger partial charge in [-0.05, 0) is 49.6 Å². The molecule has 3 rings (SSSR count). The van der Waals surface area contributed by atoms with Crippen LogP contribution in [0.1, 0.15) is 22.4 Å². The largest absolute Gasteiger partial charge is 0.379 e. The molecular formula is C17H19N3. The Hall–Kier alpha value is -2.29. The second-order valence-electron chi connectivity index (χ2n) is 5.26. The number of nitrogens with one attached hydrogen (secondary N) is 1. The van der Waals surface area contributed by atoms with Crippen molar-refractivity contribution in [1.82, 2.24) is 9.38 Å². The summed E-state index contributed by atoms with van der Waals surface area (Å²) in [5, 5.41) is 3.47. The number of rotatable bonds is 3. The Kier molecular flexibility index (Phi) is 3.18. The van der Waals surface area contributed by atoms with Gasteiger partial charge in [-0.15, -0.1) is 0 Å². The predicted octanol–water partition coefficient (Wildman–Crippen LogP) is 3.87. The van der Waals surface area contributed by atoms with Crippen molar-refractivity contribution in [3.05, 3.63) is 65.1 Å². The summed E-state index contributed by atoms with van der Waals surface area (Å²) in [6.45, 7) is 7.11. The number of aromatic nitrogens is 2. The molecule has 20 heavy (non-hydrogen) atoms. The lowest BCUT2D eigenvalue weighted by molar-refractivity contribution is 1.07. The number of fused-ring (bicyclic) bond motifs is 1. The zero-order valence-electron chi connectivity index (χ0n) is 12.1. The van der Waals surface area contributed by atoms with E-state index in [1.807, 2.05) is 12.3 Å². The molecule has 0 aliphatic heterocycles. The summed E-state index contributed by atoms with van der Waals surface area (Å²) >= 11 is 0. The van der Waals surface area contributed by atoms with Crippen molar-refractivity contribution in [2.75, 3.05) is 5.32 Å². The van der Waals surface area contributed by atoms with Crippen molar-refractivity contribution >= 4 is 11.3 Å². The second kappa shape index (κ2) is 5.00. The molecule has 0 spiro atoms. The molecule has 3 heteroatoms. The highest BCUT2D eigenvalue weighted by molar-refractivity contribution is 5.54. The van der Waals surface area contributed by atoms with Gasteiger partial charge in [-0.3, -0.25) is 0 Å². The van der Waals surface area contributed by atoms with E-state index in [1.165, 1.54) is 22.4 Å². The smallest absolute Gasteiger partial charge is 0.140 e. The monoisotopic (exact) mass is 265 g/mol. The lowest BCUT2D eigenvalue weighted by Gasteiger charge is -2.09. The van der Waals surface area contributed by atoms with E-state index in [0.717, 1.165) is 17.9 Å². The van der Waals surface area contributed by atoms with Gasteiger partial charge in [0.05, 0.1) is 12.2 Å². The first kappa shape index (κ1) is 12.7. The van der Waals surface area contributed by atoms with Crippen LogP contribution in [0.4, 0.5) is 5.69 Å². The highest BCUT2D eigenvalue weighted by Crippen LogP contribution is 2.19. The Morgan fingerprint density at radius 2 is 1.85 bits per heavy atom. The van der Waals surface area contributed by atoms with Gasteiger partial charge in [0.2, 0.25) is 0 Å². The molecule has 1 N–H and O–H groups in total. The number of nitrogens with zero attached hydrogens (tertiary/aromatic N) is 2. The predicted molar refractivity (Wildman–Crippen MR) is 83.2 cm³/mol. The van der Waals surface area contributed by atoms with Crippen LogP contribution in [-0.4, -0.2) is 9.38 Å². The number of aryl methyl sites for hydroxylation is 2. The first-order chi connectivity index (χ1) is 9.65. The van der Waals surface area contributed by atoms with E-state index in [-0.39, 0.29) is 0 Å². The highest BCUT2D eigenvalue weighted by atomic mass is 15.0. The van der Waals surface area contributed by atoms with Gasteiger partial charge in [0.1, 0.15) is 5.65 Å². The summed E-state index contributed by atoms with van der Waals surface area (Å²) in [6, 6.07) is 10.5. The fraction of sp³-hybridized carbons (Fsp3) is 0.235. The van der Waals surface area contributed by atoms with Crippen LogP contribution >= 0.6 is 0 Å². The molecule has 0 saturated heterocycles. The van der Waals surface area contributed by atoms with Gasteiger partial charge in [0.25, 0.3) is 0 Å². The molecule has 0 bridgehead atoms. The molecule has 0 atom stereocenters. The third-order valence-electron chi connectivity index (χ3n) is 3.79. The molecule has 0 fully saturated rings. The van der Waals surface area contributed by atoms with Crippen LogP contribution in [0.3, 0.4) is 0 Å². The Balaban J connectivity index is 1.83. The van der Waals surface area contributed by atoms with Crippen LogP contribution in [0.15, 0.2) is 42.7 Å². The highest BCUT2D eigenvalue weighted by Gasteiger charge is 2.05. The van der Waals surface area contributed by atoms with Gasteiger partial charge in [0.15, 0.2) is 0 Å². The molecule has 2 aromatic heterocycles. The average molecular weight is 265 g/mol. The summed E-state index contributed by atoms with van der Waals surface area (Å²) in [5.74, 6) is 0. The summed E-state index contributed by atoms with van der Waals surface area (Å²) in [4.78, 5) is 4.68. The number of pyridine rings is 1. The Labute approximate surface area is 119 Å². The maximum atomic E-state index is 4.68. The normalized spacial score (nSPS) is 10.9. The number of hydrogen-bond donors (Lipinski definition) is 1. The van der Waals surface area contributed by atoms with Crippen molar-refractivity contribution in [3.8, 4) is 0 Å². The molecule has 0 saturated carbocycles. The summed E-state index contributed by atoms with van der Waals surface area (Å²) in [6.07, 6.45) is 4.12. The maximum Gasteiger partial charge on any atom is 0.140 e. The number of anilines is 1. The standard InChI is InChI=1S/C17H19N3/c1-12-6-4-8-16(14(12)3)18-10-15-11-20-9-5-7-13(2)17(20)19-15/h4-9,11,18H,10H2,1-3H3. The van der Waals surface area contributed by atoms with E-state index >= 15 is 0 Å². The Morgan fingerprint density at radius 1 is 1.05 bits per heavy atom. The van der Waals surface area contributed by atoms with Crippen LogP contribution in [0, 0.1) is 20.8 Å². The Bertz CT molecular complexity index is 756. The zero-order valence-corrected chi connectivity index (χ0v) is 12.1. The molecule has 2 heterocycles. The van der Waals surface area contributed by atoms with Crippen LogP contribution in [0.2, 0.25) is 0 Å². The van der Waals surface area contributed by atoms with E-state index < -0.39 is 0 Å². The number of hydrogen-bond acceptors (Lipinski definition) is 2. The molecule has 3 nitrogen and oxygen atoms in total. The van der Waals surface area contributed by atoms with E-state index in [4.69, 9.17) is 0 Å². The van der Waals surface area contributed by atoms with Crippen molar-refractivity contribution in [3.63, 3.8) is 0 Å². The molecule has 0 aliphatic carbocycles. The minimum atomic E-state index is 0.741. The topological polar surface area (TPSA) is 29.3 Å². The lowest BCUT2D eigenvalue weighted by atomic mass is 10.1. The molecule has 3 aromatic rings. The fourth-order valence-corrected chi connectivity index (χ4v) is 2.42. The molecule has 0 radical (unpaired) electrons. The summed E-state index contributed by atoms with van der Waals surface area (Å²) < 4.78 is 2.08. The molecule has 0 aliphatic rings. The van der Waals surface area contributed by atoms with E-state index in [1.54, 1.807) is 0 Å². The van der Waals surface area contributed by atoms with Crippen molar-refractivity contribution in [1.29, 1.82) is 0 Å². The molecule has 102 valence electrons. The SMILES string of the molecule is Cc1cccc(NCc2cn3cccc(C)c3n2)c1C. The second-order valence-corrected chi connectivity index (χ2v) is 5.26. The first-order valence-electron chi connectivity index (χ1n) is 6.88. The Morgan fingerprint density at radius 3 is 2.65 bits per heavy atom. The first-order valence-corrected chi connectivity index (χ1v) is 6.88. The minimum Gasteiger partial charge on any atom is -0.379 e. The van der Waals surface area contributed by atoms with Crippen molar-refractivity contribution in [2.45, 2.75) is 27.3 Å². The quantitative estimate of drug-likeness (QED) is 0.779. The van der Waals surface area contributed by atoms with Crippen LogP contribution in [0.25, 0.3) is 5.65 Å². The van der Waals surface area contributed by atoms with Crippen LogP contribution < -0.4 is 5.32 Å². The van der Waals surface area contributed by atoms with Gasteiger partial charge in [-0.2, -0.15) is 0 Å². The third kappa shape index (κ3) is 2.27. The van der Waals surface area contributed by atoms with E-state index in [0.29, 0.717) is 0 Å². The molecule has 0 unspecified atom stereocenters. The number of imidazole rings is 1. The molecule has 0 amide bonds. The fourth-order valence-electron chi connectivity index (χ4n) is 2.42. The van der Waals surface area contributed by atoms with Crippen LogP contribution in [-0.2, 0) is 6.54 Å². The van der Waals surface area contributed by atoms with Gasteiger partial charge in [0, 0.05) is 18.1 Å². The van der Waals surface area contributed by atoms with Crippen molar-refractivity contribution < 1.29 is 0 Å². The van der Waals surface area contributed by atoms with Gasteiger partial charge in [-0.25, -0.2) is 4.98 Å². The lowest BCUT2D eigenvalue weighted by Crippen LogP contribution is -2.02. The zero-order chi connectivity index (χ0) is 14.1. The van der Waals surface area contributed by atoms with Gasteiger partial charge < -0.3 is 9.72 Å². The van der Waals surface area contributed by atoms with Gasteiger partial charge >= 0.3 is 0 Å². The minimum absolute atomic E-state index is 0.741. The summed E-state index contributed by atoms with van der Waals surface area (Å²) in [5.41, 5.74) is 7.07. The summed E-state index contributed by atoms with van der Waals surface area (Å²) in [7, 11) is 0. The number of benzene rings is 1. The van der Waals surface area contributed by atoms with E-state index in [9.17, 15) is 0 Å². The molecular weight excluding hydrogens is 246 g/mol. The maximum absolute atomic E-state index is 4.68. The molecule has 1 aromatic carbocycles. The van der Waals surface area contributed by atoms with Crippen LogP contribution in [0.5, 0.6) is 0 Å². The average Bonchev–Trinajstić information content (AvgIpc) is 2.85.